The zero-order chi connectivity index (χ0) is 25.5. The molecule has 35 heavy (non-hydrogen) atoms. The number of nitriles is 1. The highest BCUT2D eigenvalue weighted by Gasteiger charge is 2.26. The minimum atomic E-state index is -0.565. The van der Waals surface area contributed by atoms with Crippen molar-refractivity contribution in [2.24, 2.45) is 0 Å². The second-order valence-electron chi connectivity index (χ2n) is 7.52. The highest BCUT2D eigenvalue weighted by atomic mass is 32.1. The molecular formula is C26H25N3O4S2. The van der Waals surface area contributed by atoms with E-state index in [1.54, 1.807) is 13.8 Å². The Labute approximate surface area is 212 Å². The van der Waals surface area contributed by atoms with Crippen molar-refractivity contribution in [1.29, 1.82) is 5.26 Å². The summed E-state index contributed by atoms with van der Waals surface area (Å²) < 4.78 is 10.3. The van der Waals surface area contributed by atoms with Gasteiger partial charge in [-0.1, -0.05) is 24.8 Å². The van der Waals surface area contributed by atoms with Crippen LogP contribution in [0.1, 0.15) is 48.7 Å². The third-order valence-corrected chi connectivity index (χ3v) is 7.23. The van der Waals surface area contributed by atoms with Crippen molar-refractivity contribution in [2.75, 3.05) is 18.5 Å². The minimum absolute atomic E-state index is 0.0546. The number of aromatic nitrogens is 1. The van der Waals surface area contributed by atoms with Gasteiger partial charge in [-0.3, -0.25) is 0 Å². The Bertz CT molecular complexity index is 1350. The molecule has 0 saturated carbocycles. The van der Waals surface area contributed by atoms with Crippen molar-refractivity contribution < 1.29 is 19.1 Å². The smallest absolute Gasteiger partial charge is 0.348 e. The van der Waals surface area contributed by atoms with Crippen molar-refractivity contribution in [1.82, 2.24) is 4.98 Å². The fourth-order valence-electron chi connectivity index (χ4n) is 3.17. The number of anilines is 1. The molecule has 0 bridgehead atoms. The highest BCUT2D eigenvalue weighted by Crippen LogP contribution is 2.35. The van der Waals surface area contributed by atoms with E-state index >= 15 is 0 Å². The van der Waals surface area contributed by atoms with Crippen molar-refractivity contribution in [2.45, 2.75) is 27.7 Å². The summed E-state index contributed by atoms with van der Waals surface area (Å²) in [5.74, 6) is -1.13. The molecule has 0 saturated heterocycles. The summed E-state index contributed by atoms with van der Waals surface area (Å²) in [6.07, 6.45) is 2.95. The lowest BCUT2D eigenvalue weighted by Crippen LogP contribution is -2.09. The second-order valence-corrected chi connectivity index (χ2v) is 9.40. The lowest BCUT2D eigenvalue weighted by atomic mass is 10.1. The third-order valence-electron chi connectivity index (χ3n) is 5.15. The summed E-state index contributed by atoms with van der Waals surface area (Å²) in [7, 11) is 0. The van der Waals surface area contributed by atoms with Gasteiger partial charge in [-0.15, -0.1) is 22.7 Å². The van der Waals surface area contributed by atoms with E-state index in [1.165, 1.54) is 29.2 Å². The number of nitrogens with one attached hydrogen (secondary N) is 1. The number of ether oxygens (including phenoxy) is 2. The minimum Gasteiger partial charge on any atom is -0.462 e. The maximum atomic E-state index is 12.6. The van der Waals surface area contributed by atoms with Crippen molar-refractivity contribution >= 4 is 45.2 Å². The molecule has 0 atom stereocenters. The SMILES string of the molecule is C=CCOC(=O)c1sc(N/C=C(\C#N)c2nc(-c3ccc(C)c(C)c3)cs2)c(C(=O)OCC)c1C. The van der Waals surface area contributed by atoms with E-state index in [1.807, 2.05) is 24.4 Å². The summed E-state index contributed by atoms with van der Waals surface area (Å²) >= 11 is 2.41. The van der Waals surface area contributed by atoms with Gasteiger partial charge in [0.1, 0.15) is 33.1 Å². The topological polar surface area (TPSA) is 101 Å². The molecule has 180 valence electrons. The van der Waals surface area contributed by atoms with Crippen molar-refractivity contribution in [3.63, 3.8) is 0 Å². The van der Waals surface area contributed by atoms with Crippen LogP contribution in [0.5, 0.6) is 0 Å². The van der Waals surface area contributed by atoms with Gasteiger partial charge in [-0.2, -0.15) is 5.26 Å². The summed E-state index contributed by atoms with van der Waals surface area (Å²) in [4.78, 5) is 30.0. The number of thiophene rings is 1. The number of carbonyl (C=O) groups excluding carboxylic acids is 2. The van der Waals surface area contributed by atoms with E-state index in [-0.39, 0.29) is 23.7 Å². The van der Waals surface area contributed by atoms with Crippen LogP contribution in [-0.4, -0.2) is 30.1 Å². The quantitative estimate of drug-likeness (QED) is 0.206. The van der Waals surface area contributed by atoms with Gasteiger partial charge in [-0.05, 0) is 50.5 Å². The predicted molar refractivity (Wildman–Crippen MR) is 140 cm³/mol. The molecule has 1 aromatic carbocycles. The first-order valence-corrected chi connectivity index (χ1v) is 12.5. The maximum absolute atomic E-state index is 12.6. The lowest BCUT2D eigenvalue weighted by molar-refractivity contribution is 0.0527. The molecule has 0 spiro atoms. The summed E-state index contributed by atoms with van der Waals surface area (Å²) in [6, 6.07) is 8.26. The molecule has 0 aliphatic carbocycles. The molecule has 9 heteroatoms. The zero-order valence-electron chi connectivity index (χ0n) is 19.9. The van der Waals surface area contributed by atoms with E-state index < -0.39 is 11.9 Å². The molecule has 0 fully saturated rings. The van der Waals surface area contributed by atoms with Gasteiger partial charge in [0.2, 0.25) is 0 Å². The molecule has 2 heterocycles. The summed E-state index contributed by atoms with van der Waals surface area (Å²) in [5.41, 5.74) is 5.08. The van der Waals surface area contributed by atoms with Crippen LogP contribution in [0, 0.1) is 32.1 Å². The Hall–Kier alpha value is -3.74. The van der Waals surface area contributed by atoms with Crippen LogP contribution in [-0.2, 0) is 9.47 Å². The monoisotopic (exact) mass is 507 g/mol. The largest absolute Gasteiger partial charge is 0.462 e. The Kier molecular flexibility index (Phi) is 8.58. The molecule has 0 unspecified atom stereocenters. The van der Waals surface area contributed by atoms with E-state index in [9.17, 15) is 14.9 Å². The van der Waals surface area contributed by atoms with Gasteiger partial charge in [0, 0.05) is 17.1 Å². The Morgan fingerprint density at radius 3 is 2.63 bits per heavy atom. The number of carbonyl (C=O) groups is 2. The standard InChI is InChI=1S/C26H25N3O4S2/c1-6-10-33-26(31)22-17(5)21(25(30)32-7-2)24(35-22)28-13-19(12-27)23-29-20(14-34-23)18-9-8-15(3)16(4)11-18/h6,8-9,11,13-14,28H,1,7,10H2,2-5H3/b19-13+. The van der Waals surface area contributed by atoms with E-state index in [2.05, 4.69) is 35.9 Å². The number of benzene rings is 1. The fraction of sp³-hybridized carbons (Fsp3) is 0.231. The third kappa shape index (κ3) is 5.85. The summed E-state index contributed by atoms with van der Waals surface area (Å²) in [6.45, 7) is 11.2. The van der Waals surface area contributed by atoms with Gasteiger partial charge in [0.05, 0.1) is 17.9 Å². The Balaban J connectivity index is 1.93. The highest BCUT2D eigenvalue weighted by molar-refractivity contribution is 7.18. The number of hydrogen-bond acceptors (Lipinski definition) is 9. The van der Waals surface area contributed by atoms with Crippen LogP contribution in [0.4, 0.5) is 5.00 Å². The van der Waals surface area contributed by atoms with E-state index in [4.69, 9.17) is 9.47 Å². The Morgan fingerprint density at radius 1 is 1.20 bits per heavy atom. The lowest BCUT2D eigenvalue weighted by Gasteiger charge is -2.05. The van der Waals surface area contributed by atoms with Crippen LogP contribution in [0.15, 0.2) is 42.4 Å². The molecule has 3 aromatic rings. The number of rotatable bonds is 9. The normalized spacial score (nSPS) is 11.0. The van der Waals surface area contributed by atoms with Crippen LogP contribution in [0.2, 0.25) is 0 Å². The van der Waals surface area contributed by atoms with Gasteiger partial charge in [0.25, 0.3) is 0 Å². The van der Waals surface area contributed by atoms with Crippen molar-refractivity contribution in [3.05, 3.63) is 74.6 Å². The molecule has 1 N–H and O–H groups in total. The number of hydrogen-bond donors (Lipinski definition) is 1. The van der Waals surface area contributed by atoms with Crippen molar-refractivity contribution in [3.8, 4) is 17.3 Å². The maximum Gasteiger partial charge on any atom is 0.348 e. The van der Waals surface area contributed by atoms with E-state index in [0.29, 0.717) is 21.1 Å². The molecule has 0 aliphatic rings. The number of nitrogens with zero attached hydrogens (tertiary/aromatic N) is 2. The molecule has 7 nitrogen and oxygen atoms in total. The van der Waals surface area contributed by atoms with Gasteiger partial charge >= 0.3 is 11.9 Å². The first kappa shape index (κ1) is 25.9. The molecule has 2 aromatic heterocycles. The number of esters is 2. The Morgan fingerprint density at radius 2 is 1.97 bits per heavy atom. The van der Waals surface area contributed by atoms with Crippen LogP contribution < -0.4 is 5.32 Å². The molecule has 0 radical (unpaired) electrons. The number of aryl methyl sites for hydroxylation is 2. The first-order valence-electron chi connectivity index (χ1n) is 10.8. The van der Waals surface area contributed by atoms with E-state index in [0.717, 1.165) is 28.2 Å². The average molecular weight is 508 g/mol. The number of thiazole rings is 1. The molecule has 3 rings (SSSR count). The number of allylic oxidation sites excluding steroid dienone is 1. The summed E-state index contributed by atoms with van der Waals surface area (Å²) in [5, 5.41) is 15.6. The van der Waals surface area contributed by atoms with Gasteiger partial charge in [0.15, 0.2) is 0 Å². The van der Waals surface area contributed by atoms with Gasteiger partial charge < -0.3 is 14.8 Å². The molecular weight excluding hydrogens is 482 g/mol. The zero-order valence-corrected chi connectivity index (χ0v) is 21.6. The molecule has 0 amide bonds. The first-order chi connectivity index (χ1) is 16.8. The molecule has 0 aliphatic heterocycles. The van der Waals surface area contributed by atoms with Crippen LogP contribution in [0.25, 0.3) is 16.8 Å². The van der Waals surface area contributed by atoms with Crippen LogP contribution >= 0.6 is 22.7 Å². The fourth-order valence-corrected chi connectivity index (χ4v) is 5.02. The average Bonchev–Trinajstić information content (AvgIpc) is 3.45. The van der Waals surface area contributed by atoms with Gasteiger partial charge in [-0.25, -0.2) is 14.6 Å². The predicted octanol–water partition coefficient (Wildman–Crippen LogP) is 6.29. The second kappa shape index (κ2) is 11.6. The van der Waals surface area contributed by atoms with Crippen LogP contribution in [0.3, 0.4) is 0 Å².